The summed E-state index contributed by atoms with van der Waals surface area (Å²) >= 11 is 0. The Bertz CT molecular complexity index is 1490. The summed E-state index contributed by atoms with van der Waals surface area (Å²) in [5, 5.41) is 14.7. The standard InChI is InChI=1S/C25H25FN6O3S/c1-3-14-32-17-27-30-23(32)16-36(34,35)22-11-9-21(10-12-22)29-24(33)13-6-19-15-28-31(2)25(19)18-4-7-20(26)8-5-18/h4-13,15,17H,3,14,16H2,1-2H3,(H,29,33). The molecule has 0 aliphatic carbocycles. The summed E-state index contributed by atoms with van der Waals surface area (Å²) in [7, 11) is -1.87. The van der Waals surface area contributed by atoms with Crippen LogP contribution < -0.4 is 5.32 Å². The molecule has 0 bridgehead atoms. The first-order valence-corrected chi connectivity index (χ1v) is 12.9. The molecular formula is C25H25FN6O3S. The van der Waals surface area contributed by atoms with Gasteiger partial charge in [-0.1, -0.05) is 6.92 Å². The van der Waals surface area contributed by atoms with Crippen molar-refractivity contribution < 1.29 is 17.6 Å². The minimum absolute atomic E-state index is 0.126. The zero-order valence-corrected chi connectivity index (χ0v) is 20.6. The number of hydrogen-bond donors (Lipinski definition) is 1. The van der Waals surface area contributed by atoms with Crippen LogP contribution in [-0.4, -0.2) is 38.9 Å². The minimum Gasteiger partial charge on any atom is -0.323 e. The number of aryl methyl sites for hydroxylation is 2. The lowest BCUT2D eigenvalue weighted by Gasteiger charge is -2.08. The Morgan fingerprint density at radius 3 is 2.53 bits per heavy atom. The van der Waals surface area contributed by atoms with Crippen molar-refractivity contribution >= 4 is 27.5 Å². The summed E-state index contributed by atoms with van der Waals surface area (Å²) in [6, 6.07) is 12.0. The Hall–Kier alpha value is -4.12. The van der Waals surface area contributed by atoms with E-state index in [2.05, 4.69) is 20.6 Å². The predicted molar refractivity (Wildman–Crippen MR) is 134 cm³/mol. The fraction of sp³-hybridized carbons (Fsp3) is 0.200. The Balaban J connectivity index is 1.43. The minimum atomic E-state index is -3.63. The van der Waals surface area contributed by atoms with E-state index in [1.807, 2.05) is 6.92 Å². The number of nitrogens with one attached hydrogen (secondary N) is 1. The summed E-state index contributed by atoms with van der Waals surface area (Å²) < 4.78 is 42.3. The zero-order chi connectivity index (χ0) is 25.7. The first-order valence-electron chi connectivity index (χ1n) is 11.2. The Morgan fingerprint density at radius 1 is 1.11 bits per heavy atom. The van der Waals surface area contributed by atoms with E-state index < -0.39 is 15.7 Å². The molecule has 2 aromatic carbocycles. The van der Waals surface area contributed by atoms with Crippen molar-refractivity contribution in [2.24, 2.45) is 7.05 Å². The second-order valence-corrected chi connectivity index (χ2v) is 10.1. The molecule has 2 aromatic heterocycles. The molecule has 0 saturated carbocycles. The first kappa shape index (κ1) is 25.0. The smallest absolute Gasteiger partial charge is 0.248 e. The zero-order valence-electron chi connectivity index (χ0n) is 19.8. The summed E-state index contributed by atoms with van der Waals surface area (Å²) in [5.41, 5.74) is 2.64. The lowest BCUT2D eigenvalue weighted by atomic mass is 10.1. The van der Waals surface area contributed by atoms with Gasteiger partial charge in [0, 0.05) is 36.5 Å². The van der Waals surface area contributed by atoms with Crippen molar-refractivity contribution in [1.29, 1.82) is 0 Å². The lowest BCUT2D eigenvalue weighted by Crippen LogP contribution is -2.11. The summed E-state index contributed by atoms with van der Waals surface area (Å²) in [4.78, 5) is 12.6. The van der Waals surface area contributed by atoms with Crippen LogP contribution in [0.25, 0.3) is 17.3 Å². The maximum absolute atomic E-state index is 13.3. The topological polar surface area (TPSA) is 112 Å². The van der Waals surface area contributed by atoms with Gasteiger partial charge in [0.1, 0.15) is 23.7 Å². The van der Waals surface area contributed by atoms with Gasteiger partial charge in [0.15, 0.2) is 9.84 Å². The summed E-state index contributed by atoms with van der Waals surface area (Å²) in [5.74, 6) is -0.610. The van der Waals surface area contributed by atoms with Crippen molar-refractivity contribution in [3.8, 4) is 11.3 Å². The molecule has 9 nitrogen and oxygen atoms in total. The molecular weight excluding hydrogens is 483 g/mol. The molecule has 2 heterocycles. The monoisotopic (exact) mass is 508 g/mol. The molecule has 4 rings (SSSR count). The van der Waals surface area contributed by atoms with Gasteiger partial charge in [-0.25, -0.2) is 12.8 Å². The number of aromatic nitrogens is 5. The fourth-order valence-corrected chi connectivity index (χ4v) is 4.99. The third-order valence-corrected chi connectivity index (χ3v) is 7.09. The normalized spacial score (nSPS) is 11.8. The van der Waals surface area contributed by atoms with Crippen molar-refractivity contribution in [3.05, 3.63) is 84.3 Å². The predicted octanol–water partition coefficient (Wildman–Crippen LogP) is 3.85. The molecule has 0 spiro atoms. The van der Waals surface area contributed by atoms with Crippen LogP contribution >= 0.6 is 0 Å². The maximum Gasteiger partial charge on any atom is 0.248 e. The Kier molecular flexibility index (Phi) is 7.39. The average molecular weight is 509 g/mol. The Labute approximate surface area is 208 Å². The fourth-order valence-electron chi connectivity index (χ4n) is 3.70. The summed E-state index contributed by atoms with van der Waals surface area (Å²) in [6.07, 6.45) is 6.95. The van der Waals surface area contributed by atoms with Gasteiger partial charge in [-0.05, 0) is 61.0 Å². The van der Waals surface area contributed by atoms with Crippen molar-refractivity contribution in [3.63, 3.8) is 0 Å². The van der Waals surface area contributed by atoms with Gasteiger partial charge < -0.3 is 9.88 Å². The molecule has 0 aliphatic heterocycles. The average Bonchev–Trinajstić information content (AvgIpc) is 3.44. The van der Waals surface area contributed by atoms with Crippen LogP contribution in [0.5, 0.6) is 0 Å². The van der Waals surface area contributed by atoms with Gasteiger partial charge in [-0.3, -0.25) is 9.48 Å². The van der Waals surface area contributed by atoms with Gasteiger partial charge in [0.25, 0.3) is 0 Å². The van der Waals surface area contributed by atoms with Crippen LogP contribution in [0.4, 0.5) is 10.1 Å². The first-order chi connectivity index (χ1) is 17.3. The van der Waals surface area contributed by atoms with Gasteiger partial charge in [-0.2, -0.15) is 5.10 Å². The van der Waals surface area contributed by atoms with E-state index >= 15 is 0 Å². The Morgan fingerprint density at radius 2 is 1.83 bits per heavy atom. The van der Waals surface area contributed by atoms with Crippen LogP contribution in [0.15, 0.2) is 72.0 Å². The van der Waals surface area contributed by atoms with E-state index in [0.717, 1.165) is 17.7 Å². The van der Waals surface area contributed by atoms with Gasteiger partial charge in [-0.15, -0.1) is 10.2 Å². The third kappa shape index (κ3) is 5.74. The van der Waals surface area contributed by atoms with E-state index in [9.17, 15) is 17.6 Å². The maximum atomic E-state index is 13.3. The van der Waals surface area contributed by atoms with E-state index in [1.165, 1.54) is 48.8 Å². The number of anilines is 1. The van der Waals surface area contributed by atoms with Gasteiger partial charge >= 0.3 is 0 Å². The van der Waals surface area contributed by atoms with Crippen LogP contribution in [0.1, 0.15) is 24.7 Å². The molecule has 4 aromatic rings. The number of halogens is 1. The van der Waals surface area contributed by atoms with Crippen molar-refractivity contribution in [2.75, 3.05) is 5.32 Å². The number of amides is 1. The van der Waals surface area contributed by atoms with Gasteiger partial charge in [0.05, 0.1) is 16.8 Å². The molecule has 0 aliphatic rings. The van der Waals surface area contributed by atoms with E-state index in [-0.39, 0.29) is 16.5 Å². The molecule has 1 N–H and O–H groups in total. The quantitative estimate of drug-likeness (QED) is 0.344. The SMILES string of the molecule is CCCn1cnnc1CS(=O)(=O)c1ccc(NC(=O)C=Cc2cnn(C)c2-c2ccc(F)cc2)cc1. The molecule has 0 unspecified atom stereocenters. The number of carbonyl (C=O) groups excluding carboxylic acids is 1. The van der Waals surface area contributed by atoms with E-state index in [4.69, 9.17) is 0 Å². The number of hydrogen-bond acceptors (Lipinski definition) is 6. The molecule has 11 heteroatoms. The highest BCUT2D eigenvalue weighted by molar-refractivity contribution is 7.90. The third-order valence-electron chi connectivity index (χ3n) is 5.46. The van der Waals surface area contributed by atoms with Crippen molar-refractivity contribution in [2.45, 2.75) is 30.5 Å². The molecule has 1 amide bonds. The highest BCUT2D eigenvalue weighted by atomic mass is 32.2. The molecule has 0 atom stereocenters. The molecule has 36 heavy (non-hydrogen) atoms. The highest BCUT2D eigenvalue weighted by Crippen LogP contribution is 2.24. The van der Waals surface area contributed by atoms with Crippen LogP contribution in [0, 0.1) is 5.82 Å². The number of nitrogens with zero attached hydrogens (tertiary/aromatic N) is 5. The van der Waals surface area contributed by atoms with Gasteiger partial charge in [0.2, 0.25) is 5.91 Å². The second-order valence-electron chi connectivity index (χ2n) is 8.13. The number of sulfone groups is 1. The van der Waals surface area contributed by atoms with E-state index in [1.54, 1.807) is 40.7 Å². The summed E-state index contributed by atoms with van der Waals surface area (Å²) in [6.45, 7) is 2.63. The highest BCUT2D eigenvalue weighted by Gasteiger charge is 2.19. The van der Waals surface area contributed by atoms with Crippen LogP contribution in [-0.2, 0) is 34.0 Å². The number of benzene rings is 2. The van der Waals surface area contributed by atoms with Crippen LogP contribution in [0.2, 0.25) is 0 Å². The molecule has 0 radical (unpaired) electrons. The molecule has 0 fully saturated rings. The second kappa shape index (κ2) is 10.6. The largest absolute Gasteiger partial charge is 0.323 e. The molecule has 0 saturated heterocycles. The molecule has 186 valence electrons. The number of rotatable bonds is 9. The van der Waals surface area contributed by atoms with Crippen molar-refractivity contribution in [1.82, 2.24) is 24.5 Å². The number of carbonyl (C=O) groups is 1. The van der Waals surface area contributed by atoms with E-state index in [0.29, 0.717) is 23.6 Å². The lowest BCUT2D eigenvalue weighted by molar-refractivity contribution is -0.111. The van der Waals surface area contributed by atoms with Crippen LogP contribution in [0.3, 0.4) is 0 Å².